The molecule has 0 radical (unpaired) electrons. The molecular weight excluding hydrogens is 141 g/mol. The minimum atomic E-state index is -0.313. The highest BCUT2D eigenvalue weighted by atomic mass is 19.1. The second-order valence-electron chi connectivity index (χ2n) is 2.53. The average Bonchev–Trinajstić information content (AvgIpc) is 1.97. The molecule has 0 bridgehead atoms. The predicted octanol–water partition coefficient (Wildman–Crippen LogP) is 2.31. The summed E-state index contributed by atoms with van der Waals surface area (Å²) in [6.45, 7) is 3.48. The Balaban J connectivity index is 3.35. The number of aryl methyl sites for hydroxylation is 2. The highest BCUT2D eigenvalue weighted by Crippen LogP contribution is 2.13. The first kappa shape index (κ1) is 7.74. The molecule has 0 N–H and O–H groups in total. The molecule has 56 valence electrons. The number of benzene rings is 1. The van der Waals surface area contributed by atoms with Crippen LogP contribution in [0.25, 0.3) is 0 Å². The molecule has 0 unspecified atom stereocenters. The average molecular weight is 149 g/mol. The van der Waals surface area contributed by atoms with E-state index in [1.807, 2.05) is 6.07 Å². The van der Waals surface area contributed by atoms with Gasteiger partial charge >= 0.3 is 0 Å². The topological polar surface area (TPSA) is 23.8 Å². The van der Waals surface area contributed by atoms with Gasteiger partial charge in [0.25, 0.3) is 0 Å². The number of hydrogen-bond donors (Lipinski definition) is 0. The summed E-state index contributed by atoms with van der Waals surface area (Å²) in [7, 11) is 0. The predicted molar refractivity (Wildman–Crippen MR) is 40.6 cm³/mol. The Hall–Kier alpha value is -1.36. The van der Waals surface area contributed by atoms with Crippen molar-refractivity contribution in [2.75, 3.05) is 0 Å². The smallest absolute Gasteiger partial charge is 0.127 e. The minimum absolute atomic E-state index is 0.313. The van der Waals surface area contributed by atoms with Crippen LogP contribution in [-0.4, -0.2) is 0 Å². The van der Waals surface area contributed by atoms with Gasteiger partial charge < -0.3 is 0 Å². The van der Waals surface area contributed by atoms with E-state index in [1.54, 1.807) is 19.9 Å². The standard InChI is InChI=1S/C9H8FN/c1-6-3-7(2)9(10)4-8(6)5-11/h3-4H,1-2H3. The van der Waals surface area contributed by atoms with E-state index >= 15 is 0 Å². The number of rotatable bonds is 0. The summed E-state index contributed by atoms with van der Waals surface area (Å²) >= 11 is 0. The molecule has 1 aromatic rings. The zero-order valence-corrected chi connectivity index (χ0v) is 6.48. The molecule has 11 heavy (non-hydrogen) atoms. The zero-order chi connectivity index (χ0) is 8.43. The molecule has 0 aliphatic rings. The fraction of sp³-hybridized carbons (Fsp3) is 0.222. The van der Waals surface area contributed by atoms with E-state index < -0.39 is 0 Å². The van der Waals surface area contributed by atoms with Crippen molar-refractivity contribution in [2.24, 2.45) is 0 Å². The summed E-state index contributed by atoms with van der Waals surface area (Å²) in [5, 5.41) is 8.52. The molecule has 0 aromatic heterocycles. The van der Waals surface area contributed by atoms with Crippen molar-refractivity contribution in [3.8, 4) is 6.07 Å². The van der Waals surface area contributed by atoms with Gasteiger partial charge in [-0.15, -0.1) is 0 Å². The van der Waals surface area contributed by atoms with E-state index in [0.29, 0.717) is 11.1 Å². The van der Waals surface area contributed by atoms with Gasteiger partial charge in [0.15, 0.2) is 0 Å². The van der Waals surface area contributed by atoms with Crippen molar-refractivity contribution in [1.29, 1.82) is 5.26 Å². The van der Waals surface area contributed by atoms with Gasteiger partial charge in [-0.05, 0) is 31.0 Å². The summed E-state index contributed by atoms with van der Waals surface area (Å²) in [6.07, 6.45) is 0. The molecule has 0 aliphatic heterocycles. The Labute approximate surface area is 65.1 Å². The van der Waals surface area contributed by atoms with E-state index in [0.717, 1.165) is 5.56 Å². The van der Waals surface area contributed by atoms with Crippen molar-refractivity contribution in [1.82, 2.24) is 0 Å². The first-order chi connectivity index (χ1) is 5.15. The maximum atomic E-state index is 12.8. The molecule has 0 amide bonds. The van der Waals surface area contributed by atoms with Gasteiger partial charge in [0.05, 0.1) is 11.6 Å². The van der Waals surface area contributed by atoms with Gasteiger partial charge in [0.1, 0.15) is 5.82 Å². The van der Waals surface area contributed by atoms with E-state index in [1.165, 1.54) is 6.07 Å². The summed E-state index contributed by atoms with van der Waals surface area (Å²) in [5.41, 5.74) is 1.82. The number of nitriles is 1. The maximum Gasteiger partial charge on any atom is 0.127 e. The Morgan fingerprint density at radius 3 is 2.45 bits per heavy atom. The third-order valence-corrected chi connectivity index (χ3v) is 1.63. The molecule has 0 fully saturated rings. The lowest BCUT2D eigenvalue weighted by atomic mass is 10.1. The van der Waals surface area contributed by atoms with E-state index in [4.69, 9.17) is 5.26 Å². The van der Waals surface area contributed by atoms with Crippen molar-refractivity contribution < 1.29 is 4.39 Å². The number of nitrogens with zero attached hydrogens (tertiary/aromatic N) is 1. The van der Waals surface area contributed by atoms with Crippen LogP contribution in [0, 0.1) is 31.0 Å². The normalized spacial score (nSPS) is 9.27. The van der Waals surface area contributed by atoms with Crippen LogP contribution in [0.5, 0.6) is 0 Å². The molecule has 0 atom stereocenters. The first-order valence-electron chi connectivity index (χ1n) is 3.32. The van der Waals surface area contributed by atoms with E-state index in [2.05, 4.69) is 0 Å². The highest BCUT2D eigenvalue weighted by Gasteiger charge is 2.01. The molecule has 1 rings (SSSR count). The second kappa shape index (κ2) is 2.71. The number of hydrogen-bond acceptors (Lipinski definition) is 1. The van der Waals surface area contributed by atoms with Crippen LogP contribution in [0.15, 0.2) is 12.1 Å². The van der Waals surface area contributed by atoms with Crippen LogP contribution in [0.3, 0.4) is 0 Å². The Kier molecular flexibility index (Phi) is 1.91. The molecule has 2 heteroatoms. The summed E-state index contributed by atoms with van der Waals surface area (Å²) in [6, 6.07) is 4.87. The van der Waals surface area contributed by atoms with Crippen molar-refractivity contribution in [2.45, 2.75) is 13.8 Å². The zero-order valence-electron chi connectivity index (χ0n) is 6.48. The second-order valence-corrected chi connectivity index (χ2v) is 2.53. The monoisotopic (exact) mass is 149 g/mol. The molecule has 0 aliphatic carbocycles. The van der Waals surface area contributed by atoms with Crippen molar-refractivity contribution >= 4 is 0 Å². The van der Waals surface area contributed by atoms with Crippen LogP contribution < -0.4 is 0 Å². The summed E-state index contributed by atoms with van der Waals surface area (Å²) < 4.78 is 12.8. The summed E-state index contributed by atoms with van der Waals surface area (Å²) in [4.78, 5) is 0. The van der Waals surface area contributed by atoms with Crippen LogP contribution in [0.4, 0.5) is 4.39 Å². The lowest BCUT2D eigenvalue weighted by molar-refractivity contribution is 0.617. The van der Waals surface area contributed by atoms with Crippen LogP contribution in [0.2, 0.25) is 0 Å². The van der Waals surface area contributed by atoms with Gasteiger partial charge in [-0.2, -0.15) is 5.26 Å². The van der Waals surface area contributed by atoms with E-state index in [9.17, 15) is 4.39 Å². The van der Waals surface area contributed by atoms with Gasteiger partial charge in [-0.1, -0.05) is 6.07 Å². The van der Waals surface area contributed by atoms with Gasteiger partial charge in [0, 0.05) is 0 Å². The van der Waals surface area contributed by atoms with Crippen molar-refractivity contribution in [3.63, 3.8) is 0 Å². The third-order valence-electron chi connectivity index (χ3n) is 1.63. The first-order valence-corrected chi connectivity index (χ1v) is 3.32. The lowest BCUT2D eigenvalue weighted by Crippen LogP contribution is -1.88. The van der Waals surface area contributed by atoms with E-state index in [-0.39, 0.29) is 5.82 Å². The van der Waals surface area contributed by atoms with Gasteiger partial charge in [-0.3, -0.25) is 0 Å². The SMILES string of the molecule is Cc1cc(C)c(C#N)cc1F. The third kappa shape index (κ3) is 1.38. The molecule has 0 heterocycles. The Morgan fingerprint density at radius 2 is 1.91 bits per heavy atom. The highest BCUT2D eigenvalue weighted by molar-refractivity contribution is 5.39. The molecule has 1 nitrogen and oxygen atoms in total. The van der Waals surface area contributed by atoms with Crippen molar-refractivity contribution in [3.05, 3.63) is 34.6 Å². The fourth-order valence-electron chi connectivity index (χ4n) is 0.946. The minimum Gasteiger partial charge on any atom is -0.207 e. The fourth-order valence-corrected chi connectivity index (χ4v) is 0.946. The maximum absolute atomic E-state index is 12.8. The van der Waals surface area contributed by atoms with Crippen LogP contribution in [-0.2, 0) is 0 Å². The Morgan fingerprint density at radius 1 is 1.27 bits per heavy atom. The van der Waals surface area contributed by atoms with Crippen LogP contribution >= 0.6 is 0 Å². The number of halogens is 1. The summed E-state index contributed by atoms with van der Waals surface area (Å²) in [5.74, 6) is -0.313. The molecule has 0 spiro atoms. The lowest BCUT2D eigenvalue weighted by Gasteiger charge is -1.99. The quantitative estimate of drug-likeness (QED) is 0.555. The molecule has 1 aromatic carbocycles. The molecule has 0 saturated heterocycles. The van der Waals surface area contributed by atoms with Gasteiger partial charge in [0.2, 0.25) is 0 Å². The molecule has 0 saturated carbocycles. The van der Waals surface area contributed by atoms with Crippen LogP contribution in [0.1, 0.15) is 16.7 Å². The van der Waals surface area contributed by atoms with Gasteiger partial charge in [-0.25, -0.2) is 4.39 Å². The Bertz CT molecular complexity index is 323. The molecular formula is C9H8FN. The largest absolute Gasteiger partial charge is 0.207 e.